The van der Waals surface area contributed by atoms with Crippen molar-refractivity contribution in [2.45, 2.75) is 39.0 Å². The first kappa shape index (κ1) is 24.1. The van der Waals surface area contributed by atoms with Gasteiger partial charge in [0.05, 0.1) is 22.7 Å². The van der Waals surface area contributed by atoms with E-state index in [9.17, 15) is 8.42 Å². The molecule has 0 spiro atoms. The lowest BCUT2D eigenvalue weighted by atomic mass is 10.2. The van der Waals surface area contributed by atoms with Gasteiger partial charge in [-0.1, -0.05) is 30.3 Å². The average Bonchev–Trinajstić information content (AvgIpc) is 3.03. The fourth-order valence-electron chi connectivity index (χ4n) is 3.18. The Morgan fingerprint density at radius 2 is 2.00 bits per heavy atom. The van der Waals surface area contributed by atoms with E-state index in [2.05, 4.69) is 22.3 Å². The average molecular weight is 549 g/mol. The van der Waals surface area contributed by atoms with Gasteiger partial charge in [-0.15, -0.1) is 35.3 Å². The second-order valence-electron chi connectivity index (χ2n) is 7.56. The van der Waals surface area contributed by atoms with E-state index in [-0.39, 0.29) is 29.7 Å². The molecule has 2 heterocycles. The Bertz CT molecular complexity index is 956. The van der Waals surface area contributed by atoms with Crippen molar-refractivity contribution in [1.82, 2.24) is 15.2 Å². The molecule has 1 saturated heterocycles. The smallest absolute Gasteiger partial charge is 0.194 e. The molecular formula is C20H29IN4O2S2. The van der Waals surface area contributed by atoms with Crippen LogP contribution in [0.3, 0.4) is 0 Å². The van der Waals surface area contributed by atoms with Crippen LogP contribution in [0.2, 0.25) is 0 Å². The van der Waals surface area contributed by atoms with Crippen LogP contribution in [0.5, 0.6) is 0 Å². The summed E-state index contributed by atoms with van der Waals surface area (Å²) in [6.07, 6.45) is 0. The number of aromatic nitrogens is 1. The number of aliphatic imine (C=N–C) groups is 1. The maximum absolute atomic E-state index is 12.3. The zero-order valence-corrected chi connectivity index (χ0v) is 21.3. The minimum absolute atomic E-state index is 0. The molecule has 1 aliphatic rings. The molecule has 160 valence electrons. The standard InChI is InChI=1S/C20H28N4O2S2.HI/c1-5-21-19(24-11-12-28(25,26)20(3,4)14-24)22-13-17-15(2)23-18(27-17)16-9-7-6-8-10-16;/h6-10H,5,11-14H2,1-4H3,(H,21,22);1H. The molecule has 3 rings (SSSR count). The SMILES string of the molecule is CCNC(=NCc1sc(-c2ccccc2)nc1C)N1CCS(=O)(=O)C(C)(C)C1.I. The van der Waals surface area contributed by atoms with Crippen LogP contribution in [0.4, 0.5) is 0 Å². The third-order valence-corrected chi connectivity index (χ3v) is 8.69. The number of nitrogens with one attached hydrogen (secondary N) is 1. The quantitative estimate of drug-likeness (QED) is 0.358. The molecule has 0 amide bonds. The second-order valence-corrected chi connectivity index (χ2v) is 11.4. The Morgan fingerprint density at radius 3 is 2.62 bits per heavy atom. The highest BCUT2D eigenvalue weighted by atomic mass is 127. The number of hydrogen-bond donors (Lipinski definition) is 1. The maximum atomic E-state index is 12.3. The van der Waals surface area contributed by atoms with Crippen molar-refractivity contribution in [2.24, 2.45) is 4.99 Å². The molecule has 1 aromatic heterocycles. The molecule has 0 aliphatic carbocycles. The molecule has 9 heteroatoms. The van der Waals surface area contributed by atoms with Crippen LogP contribution in [0.25, 0.3) is 10.6 Å². The third-order valence-electron chi connectivity index (χ3n) is 4.96. The summed E-state index contributed by atoms with van der Waals surface area (Å²) in [5, 5.41) is 4.31. The molecule has 1 N–H and O–H groups in total. The number of thiazole rings is 1. The summed E-state index contributed by atoms with van der Waals surface area (Å²) in [5.74, 6) is 0.918. The summed E-state index contributed by atoms with van der Waals surface area (Å²) in [5.41, 5.74) is 2.10. The molecule has 1 fully saturated rings. The van der Waals surface area contributed by atoms with Crippen molar-refractivity contribution in [1.29, 1.82) is 0 Å². The Balaban J connectivity index is 0.00000300. The van der Waals surface area contributed by atoms with E-state index in [1.165, 1.54) is 0 Å². The van der Waals surface area contributed by atoms with Gasteiger partial charge in [0.2, 0.25) is 0 Å². The van der Waals surface area contributed by atoms with Gasteiger partial charge in [0, 0.05) is 30.1 Å². The van der Waals surface area contributed by atoms with Gasteiger partial charge in [0.25, 0.3) is 0 Å². The summed E-state index contributed by atoms with van der Waals surface area (Å²) >= 11 is 1.66. The minimum atomic E-state index is -3.08. The van der Waals surface area contributed by atoms with Crippen LogP contribution in [0, 0.1) is 6.92 Å². The van der Waals surface area contributed by atoms with Crippen LogP contribution in [0.15, 0.2) is 35.3 Å². The zero-order valence-electron chi connectivity index (χ0n) is 17.3. The van der Waals surface area contributed by atoms with Gasteiger partial charge in [-0.05, 0) is 27.7 Å². The third kappa shape index (κ3) is 5.49. The molecule has 29 heavy (non-hydrogen) atoms. The van der Waals surface area contributed by atoms with Crippen LogP contribution >= 0.6 is 35.3 Å². The molecular weight excluding hydrogens is 519 g/mol. The number of benzene rings is 1. The normalized spacial score (nSPS) is 18.2. The van der Waals surface area contributed by atoms with E-state index >= 15 is 0 Å². The molecule has 6 nitrogen and oxygen atoms in total. The highest BCUT2D eigenvalue weighted by Gasteiger charge is 2.40. The van der Waals surface area contributed by atoms with E-state index in [1.54, 1.807) is 25.2 Å². The number of rotatable bonds is 4. The van der Waals surface area contributed by atoms with Crippen LogP contribution < -0.4 is 5.32 Å². The number of halogens is 1. The fourth-order valence-corrected chi connectivity index (χ4v) is 5.53. The van der Waals surface area contributed by atoms with Crippen molar-refractivity contribution in [3.63, 3.8) is 0 Å². The molecule has 0 atom stereocenters. The minimum Gasteiger partial charge on any atom is -0.357 e. The predicted molar refractivity (Wildman–Crippen MR) is 132 cm³/mol. The van der Waals surface area contributed by atoms with Gasteiger partial charge in [0.15, 0.2) is 15.8 Å². The van der Waals surface area contributed by atoms with Crippen molar-refractivity contribution in [3.8, 4) is 10.6 Å². The Hall–Kier alpha value is -1.20. The summed E-state index contributed by atoms with van der Waals surface area (Å²) in [6, 6.07) is 10.1. The number of hydrogen-bond acceptors (Lipinski definition) is 5. The number of nitrogens with zero attached hydrogens (tertiary/aromatic N) is 3. The predicted octanol–water partition coefficient (Wildman–Crippen LogP) is 3.71. The largest absolute Gasteiger partial charge is 0.357 e. The zero-order chi connectivity index (χ0) is 20.4. The second kappa shape index (κ2) is 9.74. The van der Waals surface area contributed by atoms with Gasteiger partial charge in [0.1, 0.15) is 5.01 Å². The maximum Gasteiger partial charge on any atom is 0.194 e. The van der Waals surface area contributed by atoms with Crippen LogP contribution in [0.1, 0.15) is 31.3 Å². The number of sulfone groups is 1. The van der Waals surface area contributed by atoms with Gasteiger partial charge in [-0.25, -0.2) is 18.4 Å². The molecule has 0 bridgehead atoms. The summed E-state index contributed by atoms with van der Waals surface area (Å²) < 4.78 is 23.8. The molecule has 1 aliphatic heterocycles. The highest BCUT2D eigenvalue weighted by molar-refractivity contribution is 14.0. The molecule has 0 saturated carbocycles. The summed E-state index contributed by atoms with van der Waals surface area (Å²) in [6.45, 7) is 9.79. The Kier molecular flexibility index (Phi) is 8.08. The van der Waals surface area contributed by atoms with Crippen molar-refractivity contribution in [3.05, 3.63) is 40.9 Å². The molecule has 0 radical (unpaired) electrons. The lowest BCUT2D eigenvalue weighted by Crippen LogP contribution is -2.57. The monoisotopic (exact) mass is 548 g/mol. The molecule has 2 aromatic rings. The molecule has 0 unspecified atom stereocenters. The summed E-state index contributed by atoms with van der Waals surface area (Å²) in [7, 11) is -3.08. The first-order valence-electron chi connectivity index (χ1n) is 9.51. The van der Waals surface area contributed by atoms with Gasteiger partial charge >= 0.3 is 0 Å². The van der Waals surface area contributed by atoms with E-state index in [1.807, 2.05) is 32.0 Å². The van der Waals surface area contributed by atoms with E-state index in [0.29, 0.717) is 19.6 Å². The lowest BCUT2D eigenvalue weighted by molar-refractivity contribution is 0.353. The van der Waals surface area contributed by atoms with Crippen molar-refractivity contribution in [2.75, 3.05) is 25.4 Å². The Morgan fingerprint density at radius 1 is 1.31 bits per heavy atom. The first-order chi connectivity index (χ1) is 13.2. The van der Waals surface area contributed by atoms with Crippen LogP contribution in [-0.2, 0) is 16.4 Å². The van der Waals surface area contributed by atoms with E-state index in [0.717, 1.165) is 33.6 Å². The molecule has 1 aromatic carbocycles. The topological polar surface area (TPSA) is 74.7 Å². The van der Waals surface area contributed by atoms with Gasteiger partial charge in [-0.2, -0.15) is 0 Å². The van der Waals surface area contributed by atoms with E-state index in [4.69, 9.17) is 9.98 Å². The highest BCUT2D eigenvalue weighted by Crippen LogP contribution is 2.28. The number of aryl methyl sites for hydroxylation is 1. The fraction of sp³-hybridized carbons (Fsp3) is 0.500. The van der Waals surface area contributed by atoms with E-state index < -0.39 is 14.6 Å². The van der Waals surface area contributed by atoms with Crippen LogP contribution in [-0.4, -0.2) is 54.4 Å². The van der Waals surface area contributed by atoms with Crippen molar-refractivity contribution < 1.29 is 8.42 Å². The van der Waals surface area contributed by atoms with Gasteiger partial charge in [-0.3, -0.25) is 0 Å². The first-order valence-corrected chi connectivity index (χ1v) is 12.0. The lowest BCUT2D eigenvalue weighted by Gasteiger charge is -2.39. The van der Waals surface area contributed by atoms with Crippen molar-refractivity contribution >= 4 is 51.1 Å². The van der Waals surface area contributed by atoms with Gasteiger partial charge < -0.3 is 10.2 Å². The summed E-state index contributed by atoms with van der Waals surface area (Å²) in [4.78, 5) is 12.7. The Labute approximate surface area is 194 Å². The number of guanidine groups is 1.